The molecule has 0 unspecified atom stereocenters. The molecule has 5 nitrogen and oxygen atoms in total. The predicted molar refractivity (Wildman–Crippen MR) is 119 cm³/mol. The summed E-state index contributed by atoms with van der Waals surface area (Å²) in [7, 11) is 4.19. The number of hydrogen-bond donors (Lipinski definition) is 1. The highest BCUT2D eigenvalue weighted by molar-refractivity contribution is 7.99. The van der Waals surface area contributed by atoms with Gasteiger partial charge < -0.3 is 4.90 Å². The standard InChI is InChI=1S/C23H27N3O2S/c1-4-17-10-12-18(13-11-17)21(27)16-29-23-24-20-9-6-5-8-19(20)22(28)26(23)15-7-14-25(2)3/h5-6,8-13H,4,7,14-16H2,1-3H3/p+1. The number of carbonyl (C=O) groups excluding carboxylic acids is 1. The molecule has 0 radical (unpaired) electrons. The Kier molecular flexibility index (Phi) is 7.23. The van der Waals surface area contributed by atoms with Crippen molar-refractivity contribution in [3.8, 4) is 0 Å². The third-order valence-electron chi connectivity index (χ3n) is 4.90. The van der Waals surface area contributed by atoms with E-state index in [4.69, 9.17) is 4.98 Å². The molecule has 0 aliphatic rings. The highest BCUT2D eigenvalue weighted by Crippen LogP contribution is 2.20. The van der Waals surface area contributed by atoms with Crippen LogP contribution in [0.1, 0.15) is 29.3 Å². The third kappa shape index (κ3) is 5.34. The molecular weight excluding hydrogens is 382 g/mol. The second-order valence-electron chi connectivity index (χ2n) is 7.44. The number of ketones is 1. The molecule has 1 heterocycles. The molecule has 1 N–H and O–H groups in total. The van der Waals surface area contributed by atoms with Crippen molar-refractivity contribution in [2.75, 3.05) is 26.4 Å². The van der Waals surface area contributed by atoms with Crippen LogP contribution in [0.15, 0.2) is 58.5 Å². The van der Waals surface area contributed by atoms with Crippen LogP contribution in [0, 0.1) is 0 Å². The summed E-state index contributed by atoms with van der Waals surface area (Å²) in [6, 6.07) is 15.1. The third-order valence-corrected chi connectivity index (χ3v) is 5.88. The number of Topliss-reactive ketones (excluding diaryl/α,β-unsaturated/α-hetero) is 1. The van der Waals surface area contributed by atoms with E-state index in [0.29, 0.717) is 28.2 Å². The average Bonchev–Trinajstić information content (AvgIpc) is 2.73. The number of fused-ring (bicyclic) bond motifs is 1. The summed E-state index contributed by atoms with van der Waals surface area (Å²) in [5, 5.41) is 1.23. The van der Waals surface area contributed by atoms with Crippen LogP contribution in [0.2, 0.25) is 0 Å². The summed E-state index contributed by atoms with van der Waals surface area (Å²) in [6.45, 7) is 3.66. The molecule has 0 bridgehead atoms. The van der Waals surface area contributed by atoms with E-state index in [1.54, 1.807) is 4.57 Å². The molecule has 2 aromatic carbocycles. The molecule has 0 fully saturated rings. The van der Waals surface area contributed by atoms with E-state index in [1.807, 2.05) is 48.5 Å². The molecule has 0 saturated heterocycles. The van der Waals surface area contributed by atoms with Crippen molar-refractivity contribution in [1.82, 2.24) is 9.55 Å². The van der Waals surface area contributed by atoms with Gasteiger partial charge in [-0.15, -0.1) is 0 Å². The number of aryl methyl sites for hydroxylation is 1. The Morgan fingerprint density at radius 2 is 1.83 bits per heavy atom. The smallest absolute Gasteiger partial charge is 0.262 e. The zero-order valence-electron chi connectivity index (χ0n) is 17.3. The molecule has 0 atom stereocenters. The molecule has 0 aliphatic carbocycles. The summed E-state index contributed by atoms with van der Waals surface area (Å²) in [5.74, 6) is 0.305. The van der Waals surface area contributed by atoms with Crippen LogP contribution in [0.5, 0.6) is 0 Å². The number of nitrogens with one attached hydrogen (secondary N) is 1. The van der Waals surface area contributed by atoms with E-state index >= 15 is 0 Å². The first-order valence-corrected chi connectivity index (χ1v) is 11.0. The summed E-state index contributed by atoms with van der Waals surface area (Å²) >= 11 is 1.34. The Hall–Kier alpha value is -2.44. The number of nitrogens with zero attached hydrogens (tertiary/aromatic N) is 2. The van der Waals surface area contributed by atoms with Gasteiger partial charge in [0.1, 0.15) is 0 Å². The van der Waals surface area contributed by atoms with Crippen LogP contribution in [-0.2, 0) is 13.0 Å². The number of quaternary nitrogens is 1. The van der Waals surface area contributed by atoms with Crippen molar-refractivity contribution in [2.45, 2.75) is 31.5 Å². The van der Waals surface area contributed by atoms with E-state index in [9.17, 15) is 9.59 Å². The molecule has 29 heavy (non-hydrogen) atoms. The highest BCUT2D eigenvalue weighted by Gasteiger charge is 2.14. The van der Waals surface area contributed by atoms with Gasteiger partial charge in [0.05, 0.1) is 37.3 Å². The van der Waals surface area contributed by atoms with Gasteiger partial charge in [-0.2, -0.15) is 0 Å². The Balaban J connectivity index is 1.83. The van der Waals surface area contributed by atoms with Gasteiger partial charge in [0.15, 0.2) is 10.9 Å². The second-order valence-corrected chi connectivity index (χ2v) is 8.38. The molecule has 0 spiro atoms. The van der Waals surface area contributed by atoms with E-state index in [1.165, 1.54) is 22.2 Å². The number of benzene rings is 2. The van der Waals surface area contributed by atoms with E-state index in [0.717, 1.165) is 19.4 Å². The van der Waals surface area contributed by atoms with Crippen LogP contribution < -0.4 is 10.5 Å². The SMILES string of the molecule is CCc1ccc(C(=O)CSc2nc3ccccc3c(=O)n2CCC[NH+](C)C)cc1. The van der Waals surface area contributed by atoms with Gasteiger partial charge in [-0.25, -0.2) is 4.98 Å². The Labute approximate surface area is 175 Å². The summed E-state index contributed by atoms with van der Waals surface area (Å²) in [5.41, 5.74) is 2.55. The maximum atomic E-state index is 13.0. The van der Waals surface area contributed by atoms with E-state index in [-0.39, 0.29) is 17.1 Å². The summed E-state index contributed by atoms with van der Waals surface area (Å²) < 4.78 is 1.73. The number of carbonyl (C=O) groups is 1. The van der Waals surface area contributed by atoms with Gasteiger partial charge in [0.25, 0.3) is 5.56 Å². The second kappa shape index (κ2) is 9.85. The molecule has 1 aromatic heterocycles. The first-order chi connectivity index (χ1) is 14.0. The topological polar surface area (TPSA) is 56.4 Å². The van der Waals surface area contributed by atoms with Gasteiger partial charge in [-0.3, -0.25) is 14.2 Å². The zero-order chi connectivity index (χ0) is 20.8. The maximum absolute atomic E-state index is 13.0. The number of hydrogen-bond acceptors (Lipinski definition) is 4. The minimum Gasteiger partial charge on any atom is -0.340 e. The van der Waals surface area contributed by atoms with Crippen molar-refractivity contribution in [3.05, 3.63) is 70.0 Å². The lowest BCUT2D eigenvalue weighted by atomic mass is 10.1. The lowest BCUT2D eigenvalue weighted by molar-refractivity contribution is -0.858. The number of para-hydroxylation sites is 1. The van der Waals surface area contributed by atoms with Gasteiger partial charge in [0, 0.05) is 18.5 Å². The first kappa shape index (κ1) is 21.3. The fraction of sp³-hybridized carbons (Fsp3) is 0.348. The van der Waals surface area contributed by atoms with Gasteiger partial charge >= 0.3 is 0 Å². The minimum atomic E-state index is -0.0356. The lowest BCUT2D eigenvalue weighted by Crippen LogP contribution is -3.05. The van der Waals surface area contributed by atoms with Crippen LogP contribution in [-0.4, -0.2) is 41.7 Å². The largest absolute Gasteiger partial charge is 0.340 e. The van der Waals surface area contributed by atoms with Crippen molar-refractivity contribution < 1.29 is 9.69 Å². The van der Waals surface area contributed by atoms with E-state index < -0.39 is 0 Å². The van der Waals surface area contributed by atoms with Crippen molar-refractivity contribution in [2.24, 2.45) is 0 Å². The van der Waals surface area contributed by atoms with Gasteiger partial charge in [-0.1, -0.05) is 55.1 Å². The zero-order valence-corrected chi connectivity index (χ0v) is 18.1. The summed E-state index contributed by atoms with van der Waals surface area (Å²) in [6.07, 6.45) is 1.83. The average molecular weight is 411 g/mol. The first-order valence-electron chi connectivity index (χ1n) is 10.0. The molecule has 0 aliphatic heterocycles. The maximum Gasteiger partial charge on any atom is 0.262 e. The number of aromatic nitrogens is 2. The molecule has 0 saturated carbocycles. The Morgan fingerprint density at radius 1 is 1.10 bits per heavy atom. The number of thioether (sulfide) groups is 1. The molecule has 3 rings (SSSR count). The molecular formula is C23H28N3O2S+. The quantitative estimate of drug-likeness (QED) is 0.335. The van der Waals surface area contributed by atoms with Crippen LogP contribution in [0.25, 0.3) is 10.9 Å². The fourth-order valence-corrected chi connectivity index (χ4v) is 4.11. The summed E-state index contributed by atoms with van der Waals surface area (Å²) in [4.78, 5) is 31.7. The van der Waals surface area contributed by atoms with Crippen LogP contribution >= 0.6 is 11.8 Å². The van der Waals surface area contributed by atoms with Crippen molar-refractivity contribution in [3.63, 3.8) is 0 Å². The Morgan fingerprint density at radius 3 is 2.52 bits per heavy atom. The van der Waals surface area contributed by atoms with Crippen LogP contribution in [0.3, 0.4) is 0 Å². The van der Waals surface area contributed by atoms with Gasteiger partial charge in [0.2, 0.25) is 0 Å². The molecule has 0 amide bonds. The molecule has 3 aromatic rings. The predicted octanol–water partition coefficient (Wildman–Crippen LogP) is 2.47. The van der Waals surface area contributed by atoms with Crippen LogP contribution in [0.4, 0.5) is 0 Å². The normalized spacial score (nSPS) is 11.3. The number of rotatable bonds is 9. The molecule has 152 valence electrons. The van der Waals surface area contributed by atoms with Gasteiger partial charge in [-0.05, 0) is 24.1 Å². The monoisotopic (exact) mass is 410 g/mol. The lowest BCUT2D eigenvalue weighted by Gasteiger charge is -2.14. The molecule has 6 heteroatoms. The van der Waals surface area contributed by atoms with E-state index in [2.05, 4.69) is 21.0 Å². The van der Waals surface area contributed by atoms with Crippen molar-refractivity contribution in [1.29, 1.82) is 0 Å². The minimum absolute atomic E-state index is 0.0356. The Bertz CT molecular complexity index is 1040. The van der Waals surface area contributed by atoms with Crippen molar-refractivity contribution >= 4 is 28.4 Å². The fourth-order valence-electron chi connectivity index (χ4n) is 3.19. The highest BCUT2D eigenvalue weighted by atomic mass is 32.2.